The van der Waals surface area contributed by atoms with Crippen LogP contribution in [-0.2, 0) is 28.6 Å². The topological polar surface area (TPSA) is 78.9 Å². The van der Waals surface area contributed by atoms with Crippen LogP contribution in [0.1, 0.15) is 17.2 Å². The van der Waals surface area contributed by atoms with Crippen molar-refractivity contribution in [3.8, 4) is 0 Å². The molecule has 0 N–H and O–H groups in total. The molecule has 1 aliphatic heterocycles. The second-order valence-corrected chi connectivity index (χ2v) is 6.17. The Hall–Kier alpha value is -1.28. The minimum absolute atomic E-state index is 0.0590. The standard InChI is InChI=1S/C13H16O6S/c1-9-3-4-13(20(15,16)17-2)11(5-9)12-8-18-10(6-14)7-19-12/h3-6,10,12H,7-8H2,1-2H3/t10-,12+/m0/s1. The van der Waals surface area contributed by atoms with Crippen molar-refractivity contribution in [2.24, 2.45) is 0 Å². The molecule has 1 aliphatic rings. The molecule has 0 amide bonds. The van der Waals surface area contributed by atoms with Crippen LogP contribution in [0.2, 0.25) is 0 Å². The Morgan fingerprint density at radius 1 is 1.30 bits per heavy atom. The van der Waals surface area contributed by atoms with Crippen molar-refractivity contribution in [1.29, 1.82) is 0 Å². The Balaban J connectivity index is 2.36. The van der Waals surface area contributed by atoms with Gasteiger partial charge >= 0.3 is 0 Å². The minimum atomic E-state index is -3.82. The van der Waals surface area contributed by atoms with E-state index in [-0.39, 0.29) is 18.1 Å². The Morgan fingerprint density at radius 2 is 2.05 bits per heavy atom. The zero-order valence-electron chi connectivity index (χ0n) is 11.2. The molecule has 20 heavy (non-hydrogen) atoms. The second-order valence-electron chi connectivity index (χ2n) is 4.49. The summed E-state index contributed by atoms with van der Waals surface area (Å²) in [5, 5.41) is 0. The highest BCUT2D eigenvalue weighted by Crippen LogP contribution is 2.30. The highest BCUT2D eigenvalue weighted by atomic mass is 32.2. The molecule has 2 rings (SSSR count). The van der Waals surface area contributed by atoms with Crippen LogP contribution < -0.4 is 0 Å². The Morgan fingerprint density at radius 3 is 2.60 bits per heavy atom. The molecule has 0 bridgehead atoms. The van der Waals surface area contributed by atoms with Gasteiger partial charge in [-0.15, -0.1) is 0 Å². The maximum absolute atomic E-state index is 11.9. The van der Waals surface area contributed by atoms with E-state index >= 15 is 0 Å². The second kappa shape index (κ2) is 6.01. The molecule has 0 aliphatic carbocycles. The molecule has 2 atom stereocenters. The van der Waals surface area contributed by atoms with Crippen molar-refractivity contribution in [2.45, 2.75) is 24.0 Å². The Kier molecular flexibility index (Phi) is 4.54. The summed E-state index contributed by atoms with van der Waals surface area (Å²) in [6, 6.07) is 4.90. The molecule has 0 aromatic heterocycles. The fraction of sp³-hybridized carbons (Fsp3) is 0.462. The number of ether oxygens (including phenoxy) is 2. The van der Waals surface area contributed by atoms with Crippen molar-refractivity contribution in [2.75, 3.05) is 20.3 Å². The largest absolute Gasteiger partial charge is 0.368 e. The number of aryl methyl sites for hydroxylation is 1. The van der Waals surface area contributed by atoms with Gasteiger partial charge in [0.25, 0.3) is 10.1 Å². The zero-order valence-corrected chi connectivity index (χ0v) is 12.1. The highest BCUT2D eigenvalue weighted by molar-refractivity contribution is 7.86. The lowest BCUT2D eigenvalue weighted by Crippen LogP contribution is -2.32. The Labute approximate surface area is 117 Å². The van der Waals surface area contributed by atoms with Crippen molar-refractivity contribution in [3.63, 3.8) is 0 Å². The maximum Gasteiger partial charge on any atom is 0.297 e. The Bertz CT molecular complexity index is 587. The average molecular weight is 300 g/mol. The lowest BCUT2D eigenvalue weighted by Gasteiger charge is -2.28. The van der Waals surface area contributed by atoms with Gasteiger partial charge in [0.2, 0.25) is 0 Å². The molecule has 0 radical (unpaired) electrons. The van der Waals surface area contributed by atoms with Gasteiger partial charge in [-0.05, 0) is 13.0 Å². The summed E-state index contributed by atoms with van der Waals surface area (Å²) in [5.74, 6) is 0. The van der Waals surface area contributed by atoms with Gasteiger partial charge in [-0.3, -0.25) is 4.18 Å². The number of carbonyl (C=O) groups is 1. The first kappa shape index (κ1) is 15.1. The number of hydrogen-bond donors (Lipinski definition) is 0. The van der Waals surface area contributed by atoms with Gasteiger partial charge < -0.3 is 14.3 Å². The van der Waals surface area contributed by atoms with Crippen LogP contribution in [-0.4, -0.2) is 41.1 Å². The molecular formula is C13H16O6S. The molecule has 1 heterocycles. The van der Waals surface area contributed by atoms with E-state index in [1.165, 1.54) is 6.07 Å². The zero-order chi connectivity index (χ0) is 14.8. The monoisotopic (exact) mass is 300 g/mol. The van der Waals surface area contributed by atoms with Crippen molar-refractivity contribution < 1.29 is 26.9 Å². The van der Waals surface area contributed by atoms with E-state index in [2.05, 4.69) is 4.18 Å². The van der Waals surface area contributed by atoms with Crippen molar-refractivity contribution in [1.82, 2.24) is 0 Å². The van der Waals surface area contributed by atoms with E-state index in [1.54, 1.807) is 12.1 Å². The maximum atomic E-state index is 11.9. The van der Waals surface area contributed by atoms with E-state index in [1.807, 2.05) is 6.92 Å². The third kappa shape index (κ3) is 3.06. The van der Waals surface area contributed by atoms with Crippen LogP contribution in [0.25, 0.3) is 0 Å². The summed E-state index contributed by atoms with van der Waals surface area (Å²) < 4.78 is 39.2. The summed E-state index contributed by atoms with van der Waals surface area (Å²) in [6.07, 6.45) is -0.469. The van der Waals surface area contributed by atoms with Crippen LogP contribution in [0, 0.1) is 6.92 Å². The molecular weight excluding hydrogens is 284 g/mol. The molecule has 0 unspecified atom stereocenters. The molecule has 1 fully saturated rings. The van der Waals surface area contributed by atoms with E-state index < -0.39 is 22.3 Å². The van der Waals surface area contributed by atoms with Crippen LogP contribution >= 0.6 is 0 Å². The lowest BCUT2D eigenvalue weighted by atomic mass is 10.1. The van der Waals surface area contributed by atoms with E-state index in [9.17, 15) is 13.2 Å². The van der Waals surface area contributed by atoms with Gasteiger partial charge in [-0.25, -0.2) is 0 Å². The lowest BCUT2D eigenvalue weighted by molar-refractivity contribution is -0.149. The van der Waals surface area contributed by atoms with Crippen LogP contribution in [0.3, 0.4) is 0 Å². The molecule has 7 heteroatoms. The van der Waals surface area contributed by atoms with Crippen molar-refractivity contribution >= 4 is 16.4 Å². The fourth-order valence-corrected chi connectivity index (χ4v) is 2.91. The van der Waals surface area contributed by atoms with Gasteiger partial charge in [0.15, 0.2) is 6.29 Å². The van der Waals surface area contributed by atoms with Crippen LogP contribution in [0.15, 0.2) is 23.1 Å². The average Bonchev–Trinajstić information content (AvgIpc) is 2.47. The SMILES string of the molecule is COS(=O)(=O)c1ccc(C)cc1[C@H]1CO[C@@H](C=O)CO1. The van der Waals surface area contributed by atoms with Gasteiger partial charge in [-0.2, -0.15) is 8.42 Å². The summed E-state index contributed by atoms with van der Waals surface area (Å²) >= 11 is 0. The third-order valence-electron chi connectivity index (χ3n) is 3.08. The first-order chi connectivity index (χ1) is 9.47. The predicted molar refractivity (Wildman–Crippen MR) is 69.9 cm³/mol. The van der Waals surface area contributed by atoms with Gasteiger partial charge in [-0.1, -0.05) is 17.7 Å². The predicted octanol–water partition coefficient (Wildman–Crippen LogP) is 0.986. The summed E-state index contributed by atoms with van der Waals surface area (Å²) in [6.45, 7) is 2.08. The first-order valence-corrected chi connectivity index (χ1v) is 7.48. The van der Waals surface area contributed by atoms with E-state index in [4.69, 9.17) is 9.47 Å². The quantitative estimate of drug-likeness (QED) is 0.609. The first-order valence-electron chi connectivity index (χ1n) is 6.07. The number of hydrogen-bond acceptors (Lipinski definition) is 6. The molecule has 6 nitrogen and oxygen atoms in total. The van der Waals surface area contributed by atoms with Gasteiger partial charge in [0.1, 0.15) is 12.2 Å². The highest BCUT2D eigenvalue weighted by Gasteiger charge is 2.29. The van der Waals surface area contributed by atoms with Crippen LogP contribution in [0.5, 0.6) is 0 Å². The number of aldehydes is 1. The number of rotatable bonds is 4. The van der Waals surface area contributed by atoms with Crippen LogP contribution in [0.4, 0.5) is 0 Å². The number of carbonyl (C=O) groups excluding carboxylic acids is 1. The molecule has 0 spiro atoms. The smallest absolute Gasteiger partial charge is 0.297 e. The summed E-state index contributed by atoms with van der Waals surface area (Å²) in [4.78, 5) is 10.7. The van der Waals surface area contributed by atoms with E-state index in [0.717, 1.165) is 12.7 Å². The molecule has 110 valence electrons. The van der Waals surface area contributed by atoms with Gasteiger partial charge in [0, 0.05) is 5.56 Å². The normalized spacial score (nSPS) is 23.5. The summed E-state index contributed by atoms with van der Waals surface area (Å²) in [5.41, 5.74) is 1.38. The number of benzene rings is 1. The molecule has 1 saturated heterocycles. The molecule has 1 aromatic rings. The fourth-order valence-electron chi connectivity index (χ4n) is 2.01. The van der Waals surface area contributed by atoms with Gasteiger partial charge in [0.05, 0.1) is 25.2 Å². The minimum Gasteiger partial charge on any atom is -0.368 e. The summed E-state index contributed by atoms with van der Waals surface area (Å²) in [7, 11) is -2.71. The molecule has 1 aromatic carbocycles. The third-order valence-corrected chi connectivity index (χ3v) is 4.43. The van der Waals surface area contributed by atoms with E-state index in [0.29, 0.717) is 11.8 Å². The molecule has 0 saturated carbocycles. The van der Waals surface area contributed by atoms with Crippen molar-refractivity contribution in [3.05, 3.63) is 29.3 Å².